The first-order valence-electron chi connectivity index (χ1n) is 5.78. The fourth-order valence-electron chi connectivity index (χ4n) is 1.72. The number of carboxylic acid groups (broad SMARTS) is 1. The lowest BCUT2D eigenvalue weighted by Gasteiger charge is -2.20. The highest BCUT2D eigenvalue weighted by molar-refractivity contribution is 7.99. The maximum Gasteiger partial charge on any atom is 0.352 e. The molecule has 1 heterocycles. The molecule has 0 aromatic carbocycles. The third kappa shape index (κ3) is 3.75. The summed E-state index contributed by atoms with van der Waals surface area (Å²) in [6, 6.07) is 0.623. The first kappa shape index (κ1) is 17.0. The van der Waals surface area contributed by atoms with Crippen molar-refractivity contribution in [1.29, 1.82) is 0 Å². The van der Waals surface area contributed by atoms with E-state index < -0.39 is 22.0 Å². The van der Waals surface area contributed by atoms with E-state index in [2.05, 4.69) is 4.72 Å². The smallest absolute Gasteiger partial charge is 0.352 e. The summed E-state index contributed by atoms with van der Waals surface area (Å²) in [4.78, 5) is 10.8. The lowest BCUT2D eigenvalue weighted by Crippen LogP contribution is -2.41. The maximum atomic E-state index is 12.2. The van der Waals surface area contributed by atoms with Crippen LogP contribution in [0.4, 0.5) is 0 Å². The van der Waals surface area contributed by atoms with Gasteiger partial charge < -0.3 is 14.8 Å². The molecule has 0 aliphatic heterocycles. The van der Waals surface area contributed by atoms with Crippen molar-refractivity contribution >= 4 is 27.8 Å². The fraction of sp³-hybridized carbons (Fsp3) is 0.545. The zero-order valence-corrected chi connectivity index (χ0v) is 13.0. The lowest BCUT2D eigenvalue weighted by atomic mass is 10.3. The Kier molecular flexibility index (Phi) is 5.63. The molecule has 0 saturated heterocycles. The van der Waals surface area contributed by atoms with Crippen LogP contribution < -0.4 is 4.72 Å². The Bertz CT molecular complexity index is 578. The number of nitrogens with zero attached hydrogens (tertiary/aromatic N) is 1. The van der Waals surface area contributed by atoms with Crippen LogP contribution in [0.5, 0.6) is 0 Å². The lowest BCUT2D eigenvalue weighted by molar-refractivity contribution is 0.0686. The van der Waals surface area contributed by atoms with Gasteiger partial charge in [0.05, 0.1) is 6.61 Å². The van der Waals surface area contributed by atoms with E-state index in [1.807, 2.05) is 0 Å². The summed E-state index contributed by atoms with van der Waals surface area (Å²) in [6.45, 7) is 1.50. The van der Waals surface area contributed by atoms with Crippen LogP contribution in [0.1, 0.15) is 17.4 Å². The average molecular weight is 322 g/mol. The monoisotopic (exact) mass is 322 g/mol. The molecule has 1 aromatic heterocycles. The third-order valence-electron chi connectivity index (χ3n) is 2.89. The van der Waals surface area contributed by atoms with Gasteiger partial charge in [0.1, 0.15) is 10.6 Å². The summed E-state index contributed by atoms with van der Waals surface area (Å²) in [5, 5.41) is 17.8. The Labute approximate surface area is 122 Å². The number of thioether (sulfide) groups is 1. The predicted molar refractivity (Wildman–Crippen MR) is 76.5 cm³/mol. The van der Waals surface area contributed by atoms with Crippen LogP contribution >= 0.6 is 11.8 Å². The maximum absolute atomic E-state index is 12.2. The molecule has 3 N–H and O–H groups in total. The van der Waals surface area contributed by atoms with Gasteiger partial charge in [0.25, 0.3) is 0 Å². The number of hydrogen-bond donors (Lipinski definition) is 3. The van der Waals surface area contributed by atoms with E-state index in [0.29, 0.717) is 0 Å². The highest BCUT2D eigenvalue weighted by atomic mass is 32.2. The molecule has 1 rings (SSSR count). The normalized spacial score (nSPS) is 15.0. The van der Waals surface area contributed by atoms with Gasteiger partial charge in [0.2, 0.25) is 10.0 Å². The second-order valence-electron chi connectivity index (χ2n) is 4.34. The molecule has 20 heavy (non-hydrogen) atoms. The van der Waals surface area contributed by atoms with E-state index in [1.165, 1.54) is 29.6 Å². The number of rotatable bonds is 7. The van der Waals surface area contributed by atoms with E-state index in [4.69, 9.17) is 10.2 Å². The van der Waals surface area contributed by atoms with E-state index >= 15 is 0 Å². The van der Waals surface area contributed by atoms with E-state index in [0.717, 1.165) is 6.07 Å². The summed E-state index contributed by atoms with van der Waals surface area (Å²) in [7, 11) is -2.36. The number of carboxylic acids is 1. The number of carbonyl (C=O) groups is 1. The van der Waals surface area contributed by atoms with Crippen LogP contribution in [0.2, 0.25) is 0 Å². The zero-order valence-electron chi connectivity index (χ0n) is 11.4. The summed E-state index contributed by atoms with van der Waals surface area (Å²) in [6.07, 6.45) is 3.02. The Morgan fingerprint density at radius 2 is 2.15 bits per heavy atom. The molecular weight excluding hydrogens is 304 g/mol. The van der Waals surface area contributed by atoms with E-state index in [-0.39, 0.29) is 22.4 Å². The van der Waals surface area contributed by atoms with E-state index in [1.54, 1.807) is 13.2 Å². The highest BCUT2D eigenvalue weighted by Crippen LogP contribution is 2.17. The molecule has 1 aromatic rings. The van der Waals surface area contributed by atoms with Gasteiger partial charge in [0.15, 0.2) is 0 Å². The average Bonchev–Trinajstić information content (AvgIpc) is 2.73. The van der Waals surface area contributed by atoms with Crippen LogP contribution in [-0.2, 0) is 17.1 Å². The number of sulfonamides is 1. The first-order chi connectivity index (χ1) is 9.22. The second-order valence-corrected chi connectivity index (χ2v) is 7.13. The number of aryl methyl sites for hydroxylation is 1. The molecule has 0 bridgehead atoms. The van der Waals surface area contributed by atoms with Crippen molar-refractivity contribution < 1.29 is 23.4 Å². The molecule has 0 spiro atoms. The summed E-state index contributed by atoms with van der Waals surface area (Å²) in [5.74, 6) is -1.20. The standard InChI is InChI=1S/C11H18N2O5S2/c1-7(10(6-14)19-3)12-20(17,18)8-4-9(11(15)16)13(2)5-8/h4-5,7,10,12,14H,6H2,1-3H3,(H,15,16). The van der Waals surface area contributed by atoms with Crippen molar-refractivity contribution in [3.63, 3.8) is 0 Å². The van der Waals surface area contributed by atoms with Crippen molar-refractivity contribution in [2.24, 2.45) is 7.05 Å². The number of aromatic carboxylic acids is 1. The number of nitrogens with one attached hydrogen (secondary N) is 1. The van der Waals surface area contributed by atoms with Gasteiger partial charge in [-0.05, 0) is 19.2 Å². The van der Waals surface area contributed by atoms with Crippen molar-refractivity contribution in [3.8, 4) is 0 Å². The molecule has 9 heteroatoms. The molecule has 0 saturated carbocycles. The zero-order chi connectivity index (χ0) is 15.5. The third-order valence-corrected chi connectivity index (χ3v) is 5.58. The molecule has 7 nitrogen and oxygen atoms in total. The summed E-state index contributed by atoms with van der Waals surface area (Å²) < 4.78 is 28.0. The molecule has 0 fully saturated rings. The molecule has 2 atom stereocenters. The van der Waals surface area contributed by atoms with Gasteiger partial charge in [-0.2, -0.15) is 11.8 Å². The molecule has 0 aliphatic carbocycles. The highest BCUT2D eigenvalue weighted by Gasteiger charge is 2.25. The van der Waals surface area contributed by atoms with Crippen molar-refractivity contribution in [1.82, 2.24) is 9.29 Å². The molecule has 0 aliphatic rings. The minimum atomic E-state index is -3.82. The molecule has 0 amide bonds. The Morgan fingerprint density at radius 3 is 2.55 bits per heavy atom. The number of aliphatic hydroxyl groups is 1. The van der Waals surface area contributed by atoms with Crippen LogP contribution in [0.25, 0.3) is 0 Å². The van der Waals surface area contributed by atoms with Gasteiger partial charge in [-0.3, -0.25) is 0 Å². The minimum absolute atomic E-state index is 0.109. The molecule has 114 valence electrons. The van der Waals surface area contributed by atoms with Crippen molar-refractivity contribution in [2.45, 2.75) is 23.1 Å². The van der Waals surface area contributed by atoms with E-state index in [9.17, 15) is 13.2 Å². The summed E-state index contributed by atoms with van der Waals surface area (Å²) >= 11 is 1.35. The van der Waals surface area contributed by atoms with Gasteiger partial charge >= 0.3 is 5.97 Å². The van der Waals surface area contributed by atoms with Gasteiger partial charge in [0, 0.05) is 24.5 Å². The Morgan fingerprint density at radius 1 is 1.55 bits per heavy atom. The Hall–Kier alpha value is -1.03. The quantitative estimate of drug-likeness (QED) is 0.658. The topological polar surface area (TPSA) is 109 Å². The number of hydrogen-bond acceptors (Lipinski definition) is 5. The largest absolute Gasteiger partial charge is 0.477 e. The fourth-order valence-corrected chi connectivity index (χ4v) is 3.78. The summed E-state index contributed by atoms with van der Waals surface area (Å²) in [5.41, 5.74) is -0.110. The predicted octanol–water partition coefficient (Wildman–Crippen LogP) is 0.114. The van der Waals surface area contributed by atoms with Gasteiger partial charge in [-0.25, -0.2) is 17.9 Å². The molecular formula is C11H18N2O5S2. The number of aromatic nitrogens is 1. The van der Waals surface area contributed by atoms with Crippen LogP contribution in [0.15, 0.2) is 17.2 Å². The van der Waals surface area contributed by atoms with Crippen LogP contribution in [0.3, 0.4) is 0 Å². The Balaban J connectivity index is 3.00. The van der Waals surface area contributed by atoms with Crippen LogP contribution in [0, 0.1) is 0 Å². The minimum Gasteiger partial charge on any atom is -0.477 e. The second kappa shape index (κ2) is 6.61. The molecule has 0 radical (unpaired) electrons. The SMILES string of the molecule is CSC(CO)C(C)NS(=O)(=O)c1cc(C(=O)O)n(C)c1. The van der Waals surface area contributed by atoms with Crippen molar-refractivity contribution in [3.05, 3.63) is 18.0 Å². The van der Waals surface area contributed by atoms with Gasteiger partial charge in [-0.1, -0.05) is 0 Å². The first-order valence-corrected chi connectivity index (χ1v) is 8.55. The van der Waals surface area contributed by atoms with Crippen molar-refractivity contribution in [2.75, 3.05) is 12.9 Å². The number of aliphatic hydroxyl groups excluding tert-OH is 1. The van der Waals surface area contributed by atoms with Gasteiger partial charge in [-0.15, -0.1) is 0 Å². The van der Waals surface area contributed by atoms with Crippen LogP contribution in [-0.4, -0.2) is 53.3 Å². The molecule has 2 unspecified atom stereocenters.